The summed E-state index contributed by atoms with van der Waals surface area (Å²) in [4.78, 5) is 24.1. The Bertz CT molecular complexity index is 934. The standard InChI is InChI=1S/C22H20N2O4S/c25-21(16-28-19-9-5-2-6-10-19)23-22(26)24(29)18-11-13-20(14-12-18)27-15-17-7-3-1-4-8-17/h1-14,29H,15-16H2,(H,23,25,26). The van der Waals surface area contributed by atoms with Gasteiger partial charge in [-0.1, -0.05) is 61.3 Å². The Morgan fingerprint density at radius 1 is 0.793 bits per heavy atom. The Morgan fingerprint density at radius 3 is 2.03 bits per heavy atom. The van der Waals surface area contributed by atoms with Crippen LogP contribution >= 0.6 is 12.8 Å². The monoisotopic (exact) mass is 408 g/mol. The molecule has 6 nitrogen and oxygen atoms in total. The topological polar surface area (TPSA) is 67.9 Å². The molecule has 3 rings (SSSR count). The summed E-state index contributed by atoms with van der Waals surface area (Å²) in [7, 11) is 0. The SMILES string of the molecule is O=C(COc1ccccc1)NC(=O)N(S)c1ccc(OCc2ccccc2)cc1. The molecule has 0 aliphatic heterocycles. The van der Waals surface area contributed by atoms with Crippen LogP contribution in [0.15, 0.2) is 84.9 Å². The summed E-state index contributed by atoms with van der Waals surface area (Å²) >= 11 is 4.16. The van der Waals surface area contributed by atoms with Crippen molar-refractivity contribution in [1.82, 2.24) is 5.32 Å². The highest BCUT2D eigenvalue weighted by Gasteiger charge is 2.15. The molecule has 3 aromatic carbocycles. The van der Waals surface area contributed by atoms with Crippen LogP contribution in [0.1, 0.15) is 5.56 Å². The van der Waals surface area contributed by atoms with E-state index in [-0.39, 0.29) is 6.61 Å². The van der Waals surface area contributed by atoms with E-state index in [0.717, 1.165) is 9.87 Å². The highest BCUT2D eigenvalue weighted by molar-refractivity contribution is 7.82. The van der Waals surface area contributed by atoms with Gasteiger partial charge in [-0.15, -0.1) is 0 Å². The van der Waals surface area contributed by atoms with Crippen LogP contribution in [0, 0.1) is 0 Å². The zero-order chi connectivity index (χ0) is 20.5. The first-order chi connectivity index (χ1) is 14.1. The van der Waals surface area contributed by atoms with Crippen molar-refractivity contribution >= 4 is 30.4 Å². The van der Waals surface area contributed by atoms with Gasteiger partial charge in [-0.2, -0.15) is 0 Å². The van der Waals surface area contributed by atoms with E-state index in [4.69, 9.17) is 9.47 Å². The number of urea groups is 1. The number of carbonyl (C=O) groups excluding carboxylic acids is 2. The lowest BCUT2D eigenvalue weighted by Crippen LogP contribution is -2.40. The molecule has 0 aliphatic carbocycles. The zero-order valence-corrected chi connectivity index (χ0v) is 16.4. The second-order valence-electron chi connectivity index (χ2n) is 6.04. The molecule has 3 aromatic rings. The Kier molecular flexibility index (Phi) is 7.13. The largest absolute Gasteiger partial charge is 0.489 e. The van der Waals surface area contributed by atoms with Gasteiger partial charge in [0, 0.05) is 0 Å². The molecule has 0 heterocycles. The zero-order valence-electron chi connectivity index (χ0n) is 15.5. The molecule has 0 spiro atoms. The highest BCUT2D eigenvalue weighted by atomic mass is 32.1. The first-order valence-electron chi connectivity index (χ1n) is 8.89. The van der Waals surface area contributed by atoms with Crippen molar-refractivity contribution in [2.24, 2.45) is 0 Å². The number of thiol groups is 1. The summed E-state index contributed by atoms with van der Waals surface area (Å²) in [6, 6.07) is 24.8. The third-order valence-electron chi connectivity index (χ3n) is 3.88. The number of rotatable bonds is 7. The molecule has 0 saturated carbocycles. The molecule has 0 radical (unpaired) electrons. The maximum Gasteiger partial charge on any atom is 0.338 e. The fraction of sp³-hybridized carbons (Fsp3) is 0.0909. The van der Waals surface area contributed by atoms with Crippen LogP contribution in [0.4, 0.5) is 10.5 Å². The molecule has 3 amide bonds. The Balaban J connectivity index is 1.48. The number of nitrogens with one attached hydrogen (secondary N) is 1. The number of para-hydroxylation sites is 1. The van der Waals surface area contributed by atoms with Gasteiger partial charge in [-0.25, -0.2) is 9.10 Å². The first kappa shape index (κ1) is 20.3. The Morgan fingerprint density at radius 2 is 1.38 bits per heavy atom. The summed E-state index contributed by atoms with van der Waals surface area (Å²) < 4.78 is 12.1. The third-order valence-corrected chi connectivity index (χ3v) is 4.29. The predicted octanol–water partition coefficient (Wildman–Crippen LogP) is 4.23. The van der Waals surface area contributed by atoms with Gasteiger partial charge in [0.25, 0.3) is 5.91 Å². The predicted molar refractivity (Wildman–Crippen MR) is 114 cm³/mol. The van der Waals surface area contributed by atoms with Gasteiger partial charge in [0.05, 0.1) is 5.69 Å². The molecule has 0 fully saturated rings. The van der Waals surface area contributed by atoms with Crippen LogP contribution in [0.2, 0.25) is 0 Å². The van der Waals surface area contributed by atoms with Gasteiger partial charge >= 0.3 is 6.03 Å². The lowest BCUT2D eigenvalue weighted by Gasteiger charge is -2.16. The number of nitrogens with zero attached hydrogens (tertiary/aromatic N) is 1. The van der Waals surface area contributed by atoms with E-state index < -0.39 is 11.9 Å². The quantitative estimate of drug-likeness (QED) is 0.574. The molecule has 0 aromatic heterocycles. The molecule has 29 heavy (non-hydrogen) atoms. The number of hydrogen-bond donors (Lipinski definition) is 2. The van der Waals surface area contributed by atoms with Crippen LogP contribution < -0.4 is 19.1 Å². The summed E-state index contributed by atoms with van der Waals surface area (Å²) in [5.74, 6) is 0.636. The van der Waals surface area contributed by atoms with Crippen LogP contribution in [-0.4, -0.2) is 18.5 Å². The van der Waals surface area contributed by atoms with Gasteiger partial charge in [-0.3, -0.25) is 10.1 Å². The van der Waals surface area contributed by atoms with Crippen molar-refractivity contribution in [1.29, 1.82) is 0 Å². The number of ether oxygens (including phenoxy) is 2. The van der Waals surface area contributed by atoms with E-state index in [1.165, 1.54) is 0 Å². The van der Waals surface area contributed by atoms with Crippen LogP contribution in [0.5, 0.6) is 11.5 Å². The lowest BCUT2D eigenvalue weighted by molar-refractivity contribution is -0.121. The maximum atomic E-state index is 12.2. The van der Waals surface area contributed by atoms with Gasteiger partial charge < -0.3 is 9.47 Å². The minimum absolute atomic E-state index is 0.274. The van der Waals surface area contributed by atoms with E-state index in [9.17, 15) is 9.59 Å². The first-order valence-corrected chi connectivity index (χ1v) is 9.29. The molecular formula is C22H20N2O4S. The van der Waals surface area contributed by atoms with Crippen LogP contribution in [-0.2, 0) is 11.4 Å². The smallest absolute Gasteiger partial charge is 0.338 e. The maximum absolute atomic E-state index is 12.2. The van der Waals surface area contributed by atoms with Crippen molar-refractivity contribution in [2.45, 2.75) is 6.61 Å². The molecule has 0 unspecified atom stereocenters. The molecule has 148 valence electrons. The number of carbonyl (C=O) groups is 2. The molecule has 0 aliphatic rings. The molecule has 0 atom stereocenters. The summed E-state index contributed by atoms with van der Waals surface area (Å²) in [5.41, 5.74) is 1.55. The third kappa shape index (κ3) is 6.29. The van der Waals surface area contributed by atoms with E-state index in [1.807, 2.05) is 36.4 Å². The fourth-order valence-electron chi connectivity index (χ4n) is 2.42. The van der Waals surface area contributed by atoms with Gasteiger partial charge in [0.1, 0.15) is 18.1 Å². The molecule has 0 saturated heterocycles. The highest BCUT2D eigenvalue weighted by Crippen LogP contribution is 2.21. The second kappa shape index (κ2) is 10.2. The average molecular weight is 408 g/mol. The minimum atomic E-state index is -0.673. The molecule has 0 bridgehead atoms. The van der Waals surface area contributed by atoms with Crippen molar-refractivity contribution in [3.63, 3.8) is 0 Å². The summed E-state index contributed by atoms with van der Waals surface area (Å²) in [6.07, 6.45) is 0. The number of amides is 3. The fourth-order valence-corrected chi connectivity index (χ4v) is 2.60. The average Bonchev–Trinajstić information content (AvgIpc) is 2.77. The van der Waals surface area contributed by atoms with E-state index >= 15 is 0 Å². The van der Waals surface area contributed by atoms with Crippen molar-refractivity contribution in [3.8, 4) is 11.5 Å². The number of imide groups is 1. The van der Waals surface area contributed by atoms with E-state index in [1.54, 1.807) is 48.5 Å². The Hall–Kier alpha value is -3.45. The molecular weight excluding hydrogens is 388 g/mol. The number of anilines is 1. The van der Waals surface area contributed by atoms with E-state index in [2.05, 4.69) is 18.1 Å². The van der Waals surface area contributed by atoms with Gasteiger partial charge in [0.15, 0.2) is 6.61 Å². The molecule has 7 heteroatoms. The van der Waals surface area contributed by atoms with E-state index in [0.29, 0.717) is 23.8 Å². The number of benzene rings is 3. The van der Waals surface area contributed by atoms with Gasteiger partial charge in [-0.05, 0) is 42.0 Å². The van der Waals surface area contributed by atoms with Crippen molar-refractivity contribution in [3.05, 3.63) is 90.5 Å². The normalized spacial score (nSPS) is 10.1. The summed E-state index contributed by atoms with van der Waals surface area (Å²) in [6.45, 7) is 0.171. The minimum Gasteiger partial charge on any atom is -0.489 e. The second-order valence-corrected chi connectivity index (χ2v) is 6.44. The van der Waals surface area contributed by atoms with Crippen LogP contribution in [0.3, 0.4) is 0 Å². The Labute approximate surface area is 174 Å². The summed E-state index contributed by atoms with van der Waals surface area (Å²) in [5, 5.41) is 2.23. The number of hydrogen-bond acceptors (Lipinski definition) is 5. The van der Waals surface area contributed by atoms with Crippen molar-refractivity contribution in [2.75, 3.05) is 10.9 Å². The van der Waals surface area contributed by atoms with Crippen molar-refractivity contribution < 1.29 is 19.1 Å². The van der Waals surface area contributed by atoms with Crippen LogP contribution in [0.25, 0.3) is 0 Å². The molecule has 1 N–H and O–H groups in total. The lowest BCUT2D eigenvalue weighted by atomic mass is 10.2. The van der Waals surface area contributed by atoms with Gasteiger partial charge in [0.2, 0.25) is 0 Å².